The Morgan fingerprint density at radius 3 is 2.53 bits per heavy atom. The fourth-order valence-electron chi connectivity index (χ4n) is 4.95. The number of carbonyl (C=O) groups is 2. The molecule has 2 aromatic carbocycles. The quantitative estimate of drug-likeness (QED) is 0.458. The Bertz CT molecular complexity index is 1150. The summed E-state index contributed by atoms with van der Waals surface area (Å²) in [6, 6.07) is 15.2. The predicted molar refractivity (Wildman–Crippen MR) is 134 cm³/mol. The van der Waals surface area contributed by atoms with Crippen LogP contribution in [0.5, 0.6) is 5.75 Å². The second-order valence-electron chi connectivity index (χ2n) is 9.05. The Hall–Kier alpha value is -2.92. The van der Waals surface area contributed by atoms with Gasteiger partial charge in [0.1, 0.15) is 11.7 Å². The number of benzene rings is 2. The van der Waals surface area contributed by atoms with Crippen LogP contribution in [0.3, 0.4) is 0 Å². The molecule has 0 radical (unpaired) electrons. The number of ketones is 1. The summed E-state index contributed by atoms with van der Waals surface area (Å²) in [7, 11) is 1.60. The van der Waals surface area contributed by atoms with Crippen LogP contribution in [0.15, 0.2) is 64.8 Å². The van der Waals surface area contributed by atoms with E-state index in [2.05, 4.69) is 0 Å². The SMILES string of the molecule is CC[C@H](C)OC(=O)C1C(C)=NC2=C(C(=O)C[C@H](c3ccc(Cl)cc3)C2)[C@@H]1c1ccccc1OC. The Morgan fingerprint density at radius 1 is 1.15 bits per heavy atom. The molecule has 0 amide bonds. The highest BCUT2D eigenvalue weighted by Gasteiger charge is 2.45. The maximum atomic E-state index is 13.7. The molecule has 1 heterocycles. The van der Waals surface area contributed by atoms with Crippen LogP contribution in [0, 0.1) is 5.92 Å². The molecule has 0 fully saturated rings. The van der Waals surface area contributed by atoms with Gasteiger partial charge in [0.15, 0.2) is 5.78 Å². The lowest BCUT2D eigenvalue weighted by molar-refractivity contribution is -0.151. The summed E-state index contributed by atoms with van der Waals surface area (Å²) in [6.07, 6.45) is 1.47. The zero-order valence-electron chi connectivity index (χ0n) is 20.0. The molecule has 0 aromatic heterocycles. The molecule has 34 heavy (non-hydrogen) atoms. The van der Waals surface area contributed by atoms with E-state index in [-0.39, 0.29) is 23.8 Å². The lowest BCUT2D eigenvalue weighted by Gasteiger charge is -2.37. The molecule has 4 rings (SSSR count). The first-order chi connectivity index (χ1) is 16.3. The minimum absolute atomic E-state index is 0.00898. The van der Waals surface area contributed by atoms with Gasteiger partial charge in [0.25, 0.3) is 0 Å². The fourth-order valence-corrected chi connectivity index (χ4v) is 5.08. The normalized spacial score (nSPS) is 23.1. The third kappa shape index (κ3) is 4.67. The fraction of sp³-hybridized carbons (Fsp3) is 0.393. The second kappa shape index (κ2) is 10.1. The first kappa shape index (κ1) is 24.2. The minimum Gasteiger partial charge on any atom is -0.496 e. The van der Waals surface area contributed by atoms with Crippen molar-refractivity contribution in [3.05, 3.63) is 76.0 Å². The first-order valence-electron chi connectivity index (χ1n) is 11.7. The van der Waals surface area contributed by atoms with E-state index in [0.717, 1.165) is 16.8 Å². The van der Waals surface area contributed by atoms with Crippen LogP contribution in [0.1, 0.15) is 63.0 Å². The second-order valence-corrected chi connectivity index (χ2v) is 9.48. The number of rotatable bonds is 6. The molecule has 1 aliphatic carbocycles. The lowest BCUT2D eigenvalue weighted by Crippen LogP contribution is -2.39. The molecule has 0 spiro atoms. The van der Waals surface area contributed by atoms with Crippen LogP contribution >= 0.6 is 11.6 Å². The molecule has 0 bridgehead atoms. The maximum absolute atomic E-state index is 13.7. The van der Waals surface area contributed by atoms with Crippen molar-refractivity contribution in [2.24, 2.45) is 10.9 Å². The predicted octanol–water partition coefficient (Wildman–Crippen LogP) is 6.27. The molecule has 2 aromatic rings. The van der Waals surface area contributed by atoms with Crippen LogP contribution < -0.4 is 4.74 Å². The zero-order valence-corrected chi connectivity index (χ0v) is 20.8. The van der Waals surface area contributed by atoms with Crippen molar-refractivity contribution in [3.8, 4) is 5.75 Å². The van der Waals surface area contributed by atoms with Gasteiger partial charge >= 0.3 is 5.97 Å². The van der Waals surface area contributed by atoms with E-state index in [4.69, 9.17) is 26.1 Å². The van der Waals surface area contributed by atoms with Gasteiger partial charge in [-0.2, -0.15) is 0 Å². The number of esters is 1. The first-order valence-corrected chi connectivity index (χ1v) is 12.1. The summed E-state index contributed by atoms with van der Waals surface area (Å²) >= 11 is 6.06. The average Bonchev–Trinajstić information content (AvgIpc) is 2.83. The monoisotopic (exact) mass is 479 g/mol. The molecule has 0 saturated carbocycles. The van der Waals surface area contributed by atoms with Gasteiger partial charge in [-0.1, -0.05) is 48.9 Å². The summed E-state index contributed by atoms with van der Waals surface area (Å²) in [5, 5.41) is 0.663. The van der Waals surface area contributed by atoms with Crippen LogP contribution in [0.2, 0.25) is 5.02 Å². The number of para-hydroxylation sites is 1. The summed E-state index contributed by atoms with van der Waals surface area (Å²) in [6.45, 7) is 5.70. The zero-order chi connectivity index (χ0) is 24.4. The van der Waals surface area contributed by atoms with E-state index in [1.807, 2.05) is 69.3 Å². The summed E-state index contributed by atoms with van der Waals surface area (Å²) in [4.78, 5) is 31.9. The van der Waals surface area contributed by atoms with Gasteiger partial charge in [-0.05, 0) is 56.4 Å². The third-order valence-electron chi connectivity index (χ3n) is 6.85. The summed E-state index contributed by atoms with van der Waals surface area (Å²) in [5.41, 5.74) is 3.87. The van der Waals surface area contributed by atoms with E-state index < -0.39 is 11.8 Å². The molecule has 1 aliphatic heterocycles. The van der Waals surface area contributed by atoms with Gasteiger partial charge in [-0.3, -0.25) is 14.6 Å². The van der Waals surface area contributed by atoms with Gasteiger partial charge in [0, 0.05) is 39.9 Å². The highest BCUT2D eigenvalue weighted by Crippen LogP contribution is 2.48. The summed E-state index contributed by atoms with van der Waals surface area (Å²) < 4.78 is 11.4. The smallest absolute Gasteiger partial charge is 0.315 e. The van der Waals surface area contributed by atoms with E-state index in [1.165, 1.54) is 0 Å². The van der Waals surface area contributed by atoms with Crippen LogP contribution in [-0.4, -0.2) is 30.7 Å². The number of ether oxygens (including phenoxy) is 2. The number of carbonyl (C=O) groups excluding carboxylic acids is 2. The van der Waals surface area contributed by atoms with Crippen molar-refractivity contribution in [2.45, 2.75) is 58.0 Å². The van der Waals surface area contributed by atoms with Gasteiger partial charge in [0.05, 0.1) is 13.2 Å². The van der Waals surface area contributed by atoms with Crippen LogP contribution in [0.25, 0.3) is 0 Å². The standard InChI is InChI=1S/C28H30ClNO4/c1-5-16(2)34-28(32)25-17(3)30-22-14-19(18-10-12-20(29)13-11-18)15-23(31)27(22)26(25)21-8-6-7-9-24(21)33-4/h6-13,16,19,25-26H,5,14-15H2,1-4H3/t16-,19+,25?,26+/m0/s1. The van der Waals surface area contributed by atoms with E-state index in [9.17, 15) is 9.59 Å². The summed E-state index contributed by atoms with van der Waals surface area (Å²) in [5.74, 6) is -0.871. The van der Waals surface area contributed by atoms with Gasteiger partial charge in [0.2, 0.25) is 0 Å². The lowest BCUT2D eigenvalue weighted by atomic mass is 9.69. The number of hydrogen-bond acceptors (Lipinski definition) is 5. The molecule has 0 saturated heterocycles. The Labute approximate surface area is 205 Å². The Kier molecular flexibility index (Phi) is 7.22. The highest BCUT2D eigenvalue weighted by molar-refractivity contribution is 6.30. The number of methoxy groups -OCH3 is 1. The number of allylic oxidation sites excluding steroid dienone is 2. The Balaban J connectivity index is 1.81. The van der Waals surface area contributed by atoms with Crippen molar-refractivity contribution in [1.82, 2.24) is 0 Å². The van der Waals surface area contributed by atoms with Gasteiger partial charge in [-0.25, -0.2) is 0 Å². The molecule has 6 heteroatoms. The van der Waals surface area contributed by atoms with Crippen molar-refractivity contribution in [1.29, 1.82) is 0 Å². The molecule has 5 nitrogen and oxygen atoms in total. The van der Waals surface area contributed by atoms with E-state index in [0.29, 0.717) is 41.3 Å². The third-order valence-corrected chi connectivity index (χ3v) is 7.10. The maximum Gasteiger partial charge on any atom is 0.315 e. The number of nitrogens with zero attached hydrogens (tertiary/aromatic N) is 1. The Morgan fingerprint density at radius 2 is 1.85 bits per heavy atom. The van der Waals surface area contributed by atoms with Crippen molar-refractivity contribution >= 4 is 29.1 Å². The molecule has 178 valence electrons. The van der Waals surface area contributed by atoms with Crippen molar-refractivity contribution in [2.75, 3.05) is 7.11 Å². The number of halogens is 1. The molecular weight excluding hydrogens is 450 g/mol. The number of aliphatic imine (C=N–C) groups is 1. The van der Waals surface area contributed by atoms with Gasteiger partial charge < -0.3 is 9.47 Å². The largest absolute Gasteiger partial charge is 0.496 e. The molecule has 2 aliphatic rings. The highest BCUT2D eigenvalue weighted by atomic mass is 35.5. The number of Topliss-reactive ketones (excluding diaryl/α,β-unsaturated/α-hetero) is 1. The molecule has 1 unspecified atom stereocenters. The minimum atomic E-state index is -0.680. The molecule has 0 N–H and O–H groups in total. The van der Waals surface area contributed by atoms with E-state index >= 15 is 0 Å². The number of hydrogen-bond donors (Lipinski definition) is 0. The average molecular weight is 480 g/mol. The van der Waals surface area contributed by atoms with Crippen LogP contribution in [-0.2, 0) is 14.3 Å². The van der Waals surface area contributed by atoms with Crippen molar-refractivity contribution < 1.29 is 19.1 Å². The van der Waals surface area contributed by atoms with Crippen molar-refractivity contribution in [3.63, 3.8) is 0 Å². The molecule has 4 atom stereocenters. The molecular formula is C28H30ClNO4. The van der Waals surface area contributed by atoms with E-state index in [1.54, 1.807) is 7.11 Å². The van der Waals surface area contributed by atoms with Crippen LogP contribution in [0.4, 0.5) is 0 Å². The topological polar surface area (TPSA) is 65.0 Å². The van der Waals surface area contributed by atoms with Gasteiger partial charge in [-0.15, -0.1) is 0 Å².